The summed E-state index contributed by atoms with van der Waals surface area (Å²) in [6, 6.07) is 7.89. The van der Waals surface area contributed by atoms with Crippen molar-refractivity contribution in [3.63, 3.8) is 0 Å². The lowest BCUT2D eigenvalue weighted by Crippen LogP contribution is -2.27. The molecule has 154 valence electrons. The molecule has 29 heavy (non-hydrogen) atoms. The summed E-state index contributed by atoms with van der Waals surface area (Å²) in [6.45, 7) is 6.94. The summed E-state index contributed by atoms with van der Waals surface area (Å²) >= 11 is 0. The number of carbonyl (C=O) groups excluding carboxylic acids is 1. The minimum Gasteiger partial charge on any atom is -0.494 e. The monoisotopic (exact) mass is 396 g/mol. The highest BCUT2D eigenvalue weighted by Gasteiger charge is 2.15. The summed E-state index contributed by atoms with van der Waals surface area (Å²) in [5, 5.41) is 8.22. The van der Waals surface area contributed by atoms with Crippen LogP contribution in [0.2, 0.25) is 0 Å². The Morgan fingerprint density at radius 2 is 2.07 bits per heavy atom. The van der Waals surface area contributed by atoms with Gasteiger partial charge in [-0.3, -0.25) is 14.3 Å². The highest BCUT2D eigenvalue weighted by atomic mass is 16.5. The molecule has 0 aliphatic heterocycles. The number of hydrogen-bond donors (Lipinski definition) is 2. The Hall–Kier alpha value is -3.09. The topological polar surface area (TPSA) is 89.0 Å². The molecule has 0 aliphatic rings. The zero-order chi connectivity index (χ0) is 21.0. The van der Waals surface area contributed by atoms with E-state index in [1.165, 1.54) is 0 Å². The van der Waals surface area contributed by atoms with Crippen LogP contribution in [0.5, 0.6) is 5.75 Å². The van der Waals surface area contributed by atoms with Crippen LogP contribution < -0.4 is 15.6 Å². The molecule has 3 rings (SSSR count). The van der Waals surface area contributed by atoms with Crippen molar-refractivity contribution in [2.75, 3.05) is 13.2 Å². The molecule has 2 N–H and O–H groups in total. The lowest BCUT2D eigenvalue weighted by Gasteiger charge is -2.09. The summed E-state index contributed by atoms with van der Waals surface area (Å²) < 4.78 is 7.35. The SMILES string of the molecule is Cc1cccc(OCCCNC(=O)CCc2c(C)c3c(C)nn(C)c3[nH]c2=O)c1. The number of aromatic amines is 1. The number of aryl methyl sites for hydroxylation is 4. The molecule has 2 heterocycles. The van der Waals surface area contributed by atoms with Crippen molar-refractivity contribution >= 4 is 16.9 Å². The molecule has 0 spiro atoms. The predicted molar refractivity (Wildman–Crippen MR) is 113 cm³/mol. The van der Waals surface area contributed by atoms with Crippen molar-refractivity contribution < 1.29 is 9.53 Å². The second kappa shape index (κ2) is 8.94. The molecular formula is C22H28N4O3. The number of pyridine rings is 1. The van der Waals surface area contributed by atoms with E-state index in [1.807, 2.05) is 45.0 Å². The van der Waals surface area contributed by atoms with E-state index in [-0.39, 0.29) is 17.9 Å². The number of carbonyl (C=O) groups is 1. The molecule has 0 radical (unpaired) electrons. The van der Waals surface area contributed by atoms with Gasteiger partial charge in [0.05, 0.1) is 12.3 Å². The van der Waals surface area contributed by atoms with Gasteiger partial charge in [-0.15, -0.1) is 0 Å². The lowest BCUT2D eigenvalue weighted by atomic mass is 10.0. The molecule has 0 saturated carbocycles. The molecule has 0 bridgehead atoms. The number of ether oxygens (including phenoxy) is 1. The number of nitrogens with zero attached hydrogens (tertiary/aromatic N) is 2. The summed E-state index contributed by atoms with van der Waals surface area (Å²) in [7, 11) is 1.81. The van der Waals surface area contributed by atoms with Crippen molar-refractivity contribution in [3.05, 3.63) is 57.0 Å². The van der Waals surface area contributed by atoms with Gasteiger partial charge in [0, 0.05) is 31.0 Å². The van der Waals surface area contributed by atoms with Crippen LogP contribution in [0.4, 0.5) is 0 Å². The fraction of sp³-hybridized carbons (Fsp3) is 0.409. The number of aromatic nitrogens is 3. The zero-order valence-corrected chi connectivity index (χ0v) is 17.5. The Morgan fingerprint density at radius 3 is 2.83 bits per heavy atom. The predicted octanol–water partition coefficient (Wildman–Crippen LogP) is 2.70. The van der Waals surface area contributed by atoms with Gasteiger partial charge in [-0.1, -0.05) is 12.1 Å². The van der Waals surface area contributed by atoms with E-state index in [1.54, 1.807) is 11.7 Å². The van der Waals surface area contributed by atoms with Crippen LogP contribution in [0.25, 0.3) is 11.0 Å². The molecule has 0 saturated heterocycles. The minimum atomic E-state index is -0.155. The van der Waals surface area contributed by atoms with Crippen molar-refractivity contribution in [1.29, 1.82) is 0 Å². The van der Waals surface area contributed by atoms with E-state index in [2.05, 4.69) is 15.4 Å². The fourth-order valence-corrected chi connectivity index (χ4v) is 3.58. The summed E-state index contributed by atoms with van der Waals surface area (Å²) in [6.07, 6.45) is 1.39. The second-order valence-corrected chi connectivity index (χ2v) is 7.36. The normalized spacial score (nSPS) is 11.0. The van der Waals surface area contributed by atoms with Crippen LogP contribution in [0.3, 0.4) is 0 Å². The lowest BCUT2D eigenvalue weighted by molar-refractivity contribution is -0.121. The average Bonchev–Trinajstić information content (AvgIpc) is 2.94. The van der Waals surface area contributed by atoms with Crippen LogP contribution >= 0.6 is 0 Å². The first-order chi connectivity index (χ1) is 13.9. The Kier molecular flexibility index (Phi) is 6.36. The molecule has 0 aliphatic carbocycles. The summed E-state index contributed by atoms with van der Waals surface area (Å²) in [5.41, 5.74) is 4.13. The smallest absolute Gasteiger partial charge is 0.253 e. The van der Waals surface area contributed by atoms with Gasteiger partial charge in [0.1, 0.15) is 11.4 Å². The average molecular weight is 396 g/mol. The van der Waals surface area contributed by atoms with Crippen LogP contribution in [-0.4, -0.2) is 33.8 Å². The van der Waals surface area contributed by atoms with Crippen LogP contribution in [-0.2, 0) is 18.3 Å². The van der Waals surface area contributed by atoms with E-state index in [0.717, 1.165) is 34.4 Å². The maximum absolute atomic E-state index is 12.4. The first-order valence-electron chi connectivity index (χ1n) is 9.88. The number of fused-ring (bicyclic) bond motifs is 1. The summed E-state index contributed by atoms with van der Waals surface area (Å²) in [5.74, 6) is 0.773. The third-order valence-corrected chi connectivity index (χ3v) is 5.06. The van der Waals surface area contributed by atoms with Crippen LogP contribution in [0.1, 0.15) is 35.2 Å². The fourth-order valence-electron chi connectivity index (χ4n) is 3.58. The number of amides is 1. The molecule has 7 nitrogen and oxygen atoms in total. The van der Waals surface area contributed by atoms with E-state index < -0.39 is 0 Å². The Balaban J connectivity index is 1.48. The third kappa shape index (κ3) is 4.85. The van der Waals surface area contributed by atoms with Gasteiger partial charge in [-0.05, 0) is 56.9 Å². The van der Waals surface area contributed by atoms with Crippen molar-refractivity contribution in [1.82, 2.24) is 20.1 Å². The second-order valence-electron chi connectivity index (χ2n) is 7.36. The molecule has 7 heteroatoms. The van der Waals surface area contributed by atoms with Gasteiger partial charge in [0.15, 0.2) is 0 Å². The first-order valence-corrected chi connectivity index (χ1v) is 9.88. The highest BCUT2D eigenvalue weighted by molar-refractivity contribution is 5.83. The van der Waals surface area contributed by atoms with Crippen molar-refractivity contribution in [2.45, 2.75) is 40.0 Å². The van der Waals surface area contributed by atoms with Gasteiger partial charge in [0.25, 0.3) is 5.56 Å². The molecule has 0 atom stereocenters. The van der Waals surface area contributed by atoms with Crippen molar-refractivity contribution in [2.24, 2.45) is 7.05 Å². The molecular weight excluding hydrogens is 368 g/mol. The maximum atomic E-state index is 12.4. The van der Waals surface area contributed by atoms with Gasteiger partial charge in [0.2, 0.25) is 5.91 Å². The molecule has 2 aromatic heterocycles. The van der Waals surface area contributed by atoms with Crippen LogP contribution in [0, 0.1) is 20.8 Å². The largest absolute Gasteiger partial charge is 0.494 e. The van der Waals surface area contributed by atoms with Gasteiger partial charge in [-0.25, -0.2) is 0 Å². The standard InChI is InChI=1S/C22H28N4O3/c1-14-7-5-8-17(13-14)29-12-6-11-23-19(27)10-9-18-15(2)20-16(3)25-26(4)21(20)24-22(18)28/h5,7-8,13H,6,9-12H2,1-4H3,(H,23,27)(H,24,28). The van der Waals surface area contributed by atoms with Gasteiger partial charge in [-0.2, -0.15) is 5.10 Å². The van der Waals surface area contributed by atoms with E-state index in [0.29, 0.717) is 30.8 Å². The number of nitrogens with one attached hydrogen (secondary N) is 2. The molecule has 0 fully saturated rings. The number of benzene rings is 1. The molecule has 1 aromatic carbocycles. The molecule has 1 amide bonds. The van der Waals surface area contributed by atoms with Gasteiger partial charge < -0.3 is 15.0 Å². The number of hydrogen-bond acceptors (Lipinski definition) is 4. The zero-order valence-electron chi connectivity index (χ0n) is 17.5. The molecule has 0 unspecified atom stereocenters. The van der Waals surface area contributed by atoms with Crippen molar-refractivity contribution in [3.8, 4) is 5.75 Å². The minimum absolute atomic E-state index is 0.0673. The van der Waals surface area contributed by atoms with Crippen LogP contribution in [0.15, 0.2) is 29.1 Å². The number of H-pyrrole nitrogens is 1. The quantitative estimate of drug-likeness (QED) is 0.573. The molecule has 3 aromatic rings. The Morgan fingerprint density at radius 1 is 1.28 bits per heavy atom. The highest BCUT2D eigenvalue weighted by Crippen LogP contribution is 2.21. The van der Waals surface area contributed by atoms with Gasteiger partial charge >= 0.3 is 0 Å². The Labute approximate surface area is 170 Å². The van der Waals surface area contributed by atoms with E-state index >= 15 is 0 Å². The van der Waals surface area contributed by atoms with E-state index in [9.17, 15) is 9.59 Å². The third-order valence-electron chi connectivity index (χ3n) is 5.06. The summed E-state index contributed by atoms with van der Waals surface area (Å²) in [4.78, 5) is 27.5. The first kappa shape index (κ1) is 20.6. The number of rotatable bonds is 8. The maximum Gasteiger partial charge on any atom is 0.253 e. The Bertz CT molecular complexity index is 1080. The van der Waals surface area contributed by atoms with E-state index in [4.69, 9.17) is 4.74 Å².